The normalized spacial score (nSPS) is 11.6. The number of imidazole rings is 4. The number of rotatable bonds is 48. The smallest absolute Gasteiger partial charge is 0.329 e. The van der Waals surface area contributed by atoms with Crippen molar-refractivity contribution in [2.45, 2.75) is 71.9 Å². The van der Waals surface area contributed by atoms with Gasteiger partial charge >= 0.3 is 5.69 Å². The van der Waals surface area contributed by atoms with Crippen LogP contribution >= 0.6 is 0 Å². The molecular formula is C79H103N23O17. The lowest BCUT2D eigenvalue weighted by Gasteiger charge is -2.16. The van der Waals surface area contributed by atoms with Crippen molar-refractivity contribution in [2.75, 3.05) is 147 Å². The summed E-state index contributed by atoms with van der Waals surface area (Å²) in [6.45, 7) is 11.6. The Bertz CT molecular complexity index is 5220. The molecule has 0 bridgehead atoms. The second-order valence-corrected chi connectivity index (χ2v) is 28.0. The number of nitrogens with zero attached hydrogens (tertiary/aromatic N) is 14. The van der Waals surface area contributed by atoms with Gasteiger partial charge in [-0.15, -0.1) is 0 Å². The molecule has 0 radical (unpaired) electrons. The van der Waals surface area contributed by atoms with Crippen molar-refractivity contribution in [3.63, 3.8) is 0 Å². The van der Waals surface area contributed by atoms with Gasteiger partial charge in [0.2, 0.25) is 35.3 Å². The number of carbonyl (C=O) groups is 9. The van der Waals surface area contributed by atoms with Crippen LogP contribution in [0.2, 0.25) is 0 Å². The first kappa shape index (κ1) is 88.6. The Balaban J connectivity index is 0.499. The minimum atomic E-state index is -0.641. The highest BCUT2D eigenvalue weighted by Crippen LogP contribution is 2.40. The molecule has 40 nitrogen and oxygen atoms in total. The van der Waals surface area contributed by atoms with Gasteiger partial charge < -0.3 is 109 Å². The van der Waals surface area contributed by atoms with Crippen molar-refractivity contribution in [3.05, 3.63) is 149 Å². The van der Waals surface area contributed by atoms with E-state index in [2.05, 4.69) is 77.8 Å². The molecule has 0 aliphatic heterocycles. The summed E-state index contributed by atoms with van der Waals surface area (Å²) in [6.07, 6.45) is 13.9. The molecule has 1 aromatic carbocycles. The molecule has 9 heterocycles. The summed E-state index contributed by atoms with van der Waals surface area (Å²) in [5, 5.41) is 29.3. The lowest BCUT2D eigenvalue weighted by Crippen LogP contribution is -2.33. The number of fused-ring (bicyclic) bond motifs is 3. The number of hydrogen-bond donors (Lipinski definition) is 9. The maximum Gasteiger partial charge on any atom is 0.329 e. The maximum absolute atomic E-state index is 14.3. The summed E-state index contributed by atoms with van der Waals surface area (Å²) < 4.78 is 50.7. The fourth-order valence-corrected chi connectivity index (χ4v) is 13.0. The number of methoxy groups -OCH3 is 1. The Labute approximate surface area is 684 Å². The number of nitrogens with one attached hydrogen (secondary N) is 9. The zero-order chi connectivity index (χ0) is 85.1. The van der Waals surface area contributed by atoms with Crippen LogP contribution in [0.3, 0.4) is 0 Å². The molecule has 0 unspecified atom stereocenters. The number of benzene rings is 1. The van der Waals surface area contributed by atoms with Gasteiger partial charge in [-0.3, -0.25) is 62.3 Å². The first-order valence-corrected chi connectivity index (χ1v) is 38.9. The van der Waals surface area contributed by atoms with Gasteiger partial charge in [0.15, 0.2) is 17.5 Å². The lowest BCUT2D eigenvalue weighted by molar-refractivity contribution is -0.122. The van der Waals surface area contributed by atoms with Gasteiger partial charge in [-0.25, -0.2) is 19.7 Å². The molecule has 119 heavy (non-hydrogen) atoms. The zero-order valence-corrected chi connectivity index (χ0v) is 68.4. The topological polar surface area (TPSA) is 463 Å². The second kappa shape index (κ2) is 43.4. The Morgan fingerprint density at radius 1 is 0.529 bits per heavy atom. The van der Waals surface area contributed by atoms with Crippen molar-refractivity contribution >= 4 is 98.1 Å². The Morgan fingerprint density at radius 3 is 1.57 bits per heavy atom. The van der Waals surface area contributed by atoms with E-state index in [1.807, 2.05) is 58.2 Å². The van der Waals surface area contributed by atoms with Crippen LogP contribution in [0, 0.1) is 13.8 Å². The lowest BCUT2D eigenvalue weighted by atomic mass is 10.00. The fraction of sp³-hybridized carbons (Fsp3) is 0.443. The molecule has 1 atom stereocenters. The molecular weight excluding hydrogens is 1540 g/mol. The Morgan fingerprint density at radius 2 is 1.05 bits per heavy atom. The van der Waals surface area contributed by atoms with Crippen LogP contribution in [0.1, 0.15) is 121 Å². The fourth-order valence-electron chi connectivity index (χ4n) is 13.0. The molecule has 10 aromatic rings. The number of anilines is 4. The van der Waals surface area contributed by atoms with E-state index in [4.69, 9.17) is 37.9 Å². The van der Waals surface area contributed by atoms with Gasteiger partial charge in [-0.05, 0) is 90.1 Å². The van der Waals surface area contributed by atoms with Gasteiger partial charge in [0.05, 0.1) is 137 Å². The molecule has 0 aliphatic rings. The standard InChI is InChI=1S/C79H103N23O17/c1-50-69(52(3)119-94-50)56-43-58-55(44-62(56)113-10)70-61(45-87-58)101(79(112)102(70)51(2)57-15-11-12-20-80-57)30-32-115-34-36-117-38-40-118-39-37-116-35-33-114-31-19-66(104)82-22-14-28-95(4)27-13-21-81-65(103)16-23-86-76(109)72-92-63(48-99(72)8)90-67(105)17-24-85-75(108)60-42-54(47-98(60)7)89-78(111)73-93-64(49-100(73)9)91-68(106)18-25-84-74(107)59-41-53(46-97(59)6)88-77(110)71-83-26-29-96(71)5/h11-12,15,20,26,29,41-49,51H,13-14,16-19,21-25,27-28,30-40H2,1-10H3,(H,81,103)(H,82,104)(H,84,107)(H,85,108)(H,86,109)(H,88,110)(H,89,111)(H,90,105)(H,91,106)/t51-/m1/s1. The van der Waals surface area contributed by atoms with Crippen LogP contribution < -0.4 is 58.3 Å². The van der Waals surface area contributed by atoms with Crippen LogP contribution in [-0.4, -0.2) is 246 Å². The highest BCUT2D eigenvalue weighted by atomic mass is 16.6. The van der Waals surface area contributed by atoms with E-state index in [1.54, 1.807) is 80.8 Å². The van der Waals surface area contributed by atoms with Crippen molar-refractivity contribution in [1.29, 1.82) is 0 Å². The summed E-state index contributed by atoms with van der Waals surface area (Å²) in [6, 6.07) is 12.0. The Kier molecular flexibility index (Phi) is 32.3. The van der Waals surface area contributed by atoms with E-state index < -0.39 is 47.4 Å². The zero-order valence-electron chi connectivity index (χ0n) is 68.4. The second-order valence-electron chi connectivity index (χ2n) is 28.0. The van der Waals surface area contributed by atoms with Gasteiger partial charge in [0.1, 0.15) is 22.9 Å². The van der Waals surface area contributed by atoms with E-state index in [9.17, 15) is 47.9 Å². The molecule has 10 rings (SSSR count). The van der Waals surface area contributed by atoms with Crippen molar-refractivity contribution in [2.24, 2.45) is 35.2 Å². The molecule has 0 spiro atoms. The Hall–Kier alpha value is -12.8. The predicted molar refractivity (Wildman–Crippen MR) is 437 cm³/mol. The first-order valence-electron chi connectivity index (χ1n) is 38.9. The van der Waals surface area contributed by atoms with Crippen LogP contribution in [-0.2, 0) is 84.6 Å². The largest absolute Gasteiger partial charge is 0.496 e. The third kappa shape index (κ3) is 24.7. The van der Waals surface area contributed by atoms with Crippen molar-refractivity contribution in [1.82, 2.24) is 93.5 Å². The molecule has 0 saturated carbocycles. The molecule has 0 fully saturated rings. The average Bonchev–Trinajstić information content (AvgIpc) is 1.59. The minimum Gasteiger partial charge on any atom is -0.496 e. The number of ether oxygens (including phenoxy) is 6. The van der Waals surface area contributed by atoms with Crippen LogP contribution in [0.4, 0.5) is 23.0 Å². The molecule has 9 aromatic heterocycles. The van der Waals surface area contributed by atoms with Crippen molar-refractivity contribution < 1.29 is 76.1 Å². The van der Waals surface area contributed by atoms with Crippen molar-refractivity contribution in [3.8, 4) is 16.9 Å². The van der Waals surface area contributed by atoms with E-state index in [0.29, 0.717) is 113 Å². The number of aromatic nitrogens is 13. The van der Waals surface area contributed by atoms with Gasteiger partial charge in [-0.2, -0.15) is 0 Å². The SMILES string of the molecule is COc1cc2c(cc1-c1c(C)noc1C)ncc1c2n([C@H](C)c2ccccn2)c(=O)n1CCOCCOCCOCCOCCOCCC(=O)NCCCN(C)CCCNC(=O)CCNC(=O)c1nc(NC(=O)CCNC(=O)c2cc(NC(=O)c3nc(NC(=O)CCNC(=O)c4cc(NC(=O)c5nccn5C)cn4C)cn3C)cn2C)cn1C. The molecule has 40 heteroatoms. The summed E-state index contributed by atoms with van der Waals surface area (Å²) in [5.41, 5.74) is 5.95. The predicted octanol–water partition coefficient (Wildman–Crippen LogP) is 3.77. The number of amides is 9. The molecule has 0 saturated heterocycles. The summed E-state index contributed by atoms with van der Waals surface area (Å²) in [4.78, 5) is 154. The minimum absolute atomic E-state index is 0.00444. The first-order chi connectivity index (χ1) is 57.3. The average molecular weight is 1650 g/mol. The molecule has 9 N–H and O–H groups in total. The van der Waals surface area contributed by atoms with E-state index >= 15 is 0 Å². The third-order valence-electron chi connectivity index (χ3n) is 19.0. The number of carbonyl (C=O) groups excluding carboxylic acids is 9. The van der Waals surface area contributed by atoms with Gasteiger partial charge in [0.25, 0.3) is 29.5 Å². The molecule has 9 amide bonds. The summed E-state index contributed by atoms with van der Waals surface area (Å²) in [5.74, 6) is -2.43. The molecule has 636 valence electrons. The van der Waals surface area contributed by atoms with Crippen LogP contribution in [0.5, 0.6) is 5.75 Å². The quantitative estimate of drug-likeness (QED) is 0.0245. The maximum atomic E-state index is 14.3. The van der Waals surface area contributed by atoms with E-state index in [0.717, 1.165) is 40.9 Å². The van der Waals surface area contributed by atoms with E-state index in [-0.39, 0.29) is 129 Å². The molecule has 0 aliphatic carbocycles. The highest BCUT2D eigenvalue weighted by Gasteiger charge is 2.27. The van der Waals surface area contributed by atoms with Crippen LogP contribution in [0.25, 0.3) is 33.1 Å². The van der Waals surface area contributed by atoms with Gasteiger partial charge in [0, 0.05) is 148 Å². The number of hydrogen-bond acceptors (Lipinski definition) is 24. The van der Waals surface area contributed by atoms with Crippen LogP contribution in [0.15, 0.2) is 101 Å². The number of aryl methyl sites for hydroxylation is 7. The highest BCUT2D eigenvalue weighted by molar-refractivity contribution is 6.07. The number of pyridine rings is 2. The third-order valence-corrected chi connectivity index (χ3v) is 19.0. The monoisotopic (exact) mass is 1650 g/mol. The van der Waals surface area contributed by atoms with E-state index in [1.165, 1.54) is 55.2 Å². The summed E-state index contributed by atoms with van der Waals surface area (Å²) in [7, 11) is 11.6. The summed E-state index contributed by atoms with van der Waals surface area (Å²) >= 11 is 0. The van der Waals surface area contributed by atoms with Gasteiger partial charge in [-0.1, -0.05) is 11.2 Å².